The first-order valence-corrected chi connectivity index (χ1v) is 14.4. The molecule has 0 bridgehead atoms. The molecule has 0 N–H and O–H groups in total. The smallest absolute Gasteiger partial charge is 0.0547 e. The van der Waals surface area contributed by atoms with Crippen molar-refractivity contribution in [3.8, 4) is 11.1 Å². The van der Waals surface area contributed by atoms with Gasteiger partial charge in [0.05, 0.1) is 11.4 Å². The summed E-state index contributed by atoms with van der Waals surface area (Å²) >= 11 is 1.91. The average Bonchev–Trinajstić information content (AvgIpc) is 3.41. The minimum atomic E-state index is 1.15. The Balaban J connectivity index is 1.49. The predicted molar refractivity (Wildman–Crippen MR) is 174 cm³/mol. The molecule has 188 valence electrons. The Morgan fingerprint density at radius 2 is 1.00 bits per heavy atom. The van der Waals surface area contributed by atoms with E-state index in [1.165, 1.54) is 64.2 Å². The summed E-state index contributed by atoms with van der Waals surface area (Å²) < 4.78 is 2.67. The van der Waals surface area contributed by atoms with Crippen LogP contribution in [0.1, 0.15) is 0 Å². The molecule has 8 rings (SSSR count). The molecule has 40 heavy (non-hydrogen) atoms. The van der Waals surface area contributed by atoms with Gasteiger partial charge in [0.25, 0.3) is 0 Å². The number of rotatable bonds is 4. The van der Waals surface area contributed by atoms with Crippen LogP contribution < -0.4 is 4.90 Å². The molecule has 0 radical (unpaired) electrons. The maximum atomic E-state index is 2.44. The van der Waals surface area contributed by atoms with Crippen molar-refractivity contribution in [2.75, 3.05) is 4.90 Å². The Labute approximate surface area is 237 Å². The first kappa shape index (κ1) is 23.0. The van der Waals surface area contributed by atoms with E-state index in [0.29, 0.717) is 0 Å². The molecule has 0 unspecified atom stereocenters. The molecule has 0 amide bonds. The highest BCUT2D eigenvalue weighted by molar-refractivity contribution is 7.27. The lowest BCUT2D eigenvalue weighted by Crippen LogP contribution is -2.11. The lowest BCUT2D eigenvalue weighted by Gasteiger charge is -2.28. The van der Waals surface area contributed by atoms with E-state index >= 15 is 0 Å². The van der Waals surface area contributed by atoms with E-state index in [9.17, 15) is 0 Å². The third kappa shape index (κ3) is 3.61. The molecule has 8 aromatic rings. The number of benzene rings is 7. The minimum Gasteiger partial charge on any atom is -0.309 e. The fourth-order valence-corrected chi connectivity index (χ4v) is 7.37. The number of nitrogens with zero attached hydrogens (tertiary/aromatic N) is 1. The maximum absolute atomic E-state index is 2.44. The monoisotopic (exact) mass is 527 g/mol. The van der Waals surface area contributed by atoms with Gasteiger partial charge in [0.15, 0.2) is 0 Å². The van der Waals surface area contributed by atoms with Gasteiger partial charge in [-0.05, 0) is 40.8 Å². The van der Waals surface area contributed by atoms with Gasteiger partial charge >= 0.3 is 0 Å². The molecule has 1 heterocycles. The van der Waals surface area contributed by atoms with Crippen molar-refractivity contribution in [3.05, 3.63) is 152 Å². The zero-order valence-corrected chi connectivity index (χ0v) is 22.6. The molecule has 0 fully saturated rings. The standard InChI is InChI=1S/C38H25NS/c1-3-13-27(14-4-1)30-22-12-23-33-34-25-36(31-20-9-10-21-32(31)38(34)40-37(30)33)39(28-17-5-2-6-18-28)35-24-11-16-26-15-7-8-19-29(26)35/h1-25H. The van der Waals surface area contributed by atoms with Gasteiger partial charge in [-0.3, -0.25) is 0 Å². The Morgan fingerprint density at radius 3 is 1.82 bits per heavy atom. The summed E-state index contributed by atoms with van der Waals surface area (Å²) in [7, 11) is 0. The van der Waals surface area contributed by atoms with E-state index in [1.807, 2.05) is 11.3 Å². The fourth-order valence-electron chi connectivity index (χ4n) is 6.02. The molecule has 1 aromatic heterocycles. The van der Waals surface area contributed by atoms with Crippen LogP contribution in [-0.4, -0.2) is 0 Å². The van der Waals surface area contributed by atoms with Crippen LogP contribution in [0.15, 0.2) is 152 Å². The van der Waals surface area contributed by atoms with E-state index in [0.717, 1.165) is 5.69 Å². The number of anilines is 3. The van der Waals surface area contributed by atoms with Crippen molar-refractivity contribution in [1.82, 2.24) is 0 Å². The van der Waals surface area contributed by atoms with Gasteiger partial charge in [-0.15, -0.1) is 11.3 Å². The van der Waals surface area contributed by atoms with Crippen LogP contribution in [0.4, 0.5) is 17.1 Å². The zero-order chi connectivity index (χ0) is 26.5. The number of hydrogen-bond acceptors (Lipinski definition) is 2. The van der Waals surface area contributed by atoms with Crippen LogP contribution in [0.25, 0.3) is 52.8 Å². The summed E-state index contributed by atoms with van der Waals surface area (Å²) in [6.07, 6.45) is 0. The van der Waals surface area contributed by atoms with E-state index in [4.69, 9.17) is 0 Å². The zero-order valence-electron chi connectivity index (χ0n) is 21.8. The topological polar surface area (TPSA) is 3.24 Å². The molecule has 0 aliphatic rings. The molecule has 1 nitrogen and oxygen atoms in total. The summed E-state index contributed by atoms with van der Waals surface area (Å²) in [5.74, 6) is 0. The first-order valence-electron chi connectivity index (χ1n) is 13.6. The van der Waals surface area contributed by atoms with Gasteiger partial charge in [-0.1, -0.05) is 127 Å². The molecule has 0 saturated heterocycles. The van der Waals surface area contributed by atoms with Crippen LogP contribution in [-0.2, 0) is 0 Å². The Hall–Kier alpha value is -4.92. The first-order chi connectivity index (χ1) is 19.9. The van der Waals surface area contributed by atoms with E-state index < -0.39 is 0 Å². The Morgan fingerprint density at radius 1 is 0.400 bits per heavy atom. The van der Waals surface area contributed by atoms with Crippen molar-refractivity contribution < 1.29 is 0 Å². The van der Waals surface area contributed by atoms with Gasteiger partial charge < -0.3 is 4.90 Å². The van der Waals surface area contributed by atoms with Crippen LogP contribution >= 0.6 is 11.3 Å². The largest absolute Gasteiger partial charge is 0.309 e. The second-order valence-electron chi connectivity index (χ2n) is 10.1. The van der Waals surface area contributed by atoms with Gasteiger partial charge in [0.2, 0.25) is 0 Å². The quantitative estimate of drug-likeness (QED) is 0.220. The third-order valence-corrected chi connectivity index (χ3v) is 9.12. The molecule has 2 heteroatoms. The third-order valence-electron chi connectivity index (χ3n) is 7.83. The number of hydrogen-bond donors (Lipinski definition) is 0. The van der Waals surface area contributed by atoms with Crippen molar-refractivity contribution >= 4 is 70.1 Å². The molecular formula is C38H25NS. The summed E-state index contributed by atoms with van der Waals surface area (Å²) in [5.41, 5.74) is 6.06. The second kappa shape index (κ2) is 9.37. The predicted octanol–water partition coefficient (Wildman–Crippen LogP) is 11.5. The lowest BCUT2D eigenvalue weighted by atomic mass is 9.99. The number of thiophene rings is 1. The normalized spacial score (nSPS) is 11.5. The Bertz CT molecular complexity index is 2150. The van der Waals surface area contributed by atoms with Gasteiger partial charge in [-0.25, -0.2) is 0 Å². The van der Waals surface area contributed by atoms with Crippen molar-refractivity contribution in [1.29, 1.82) is 0 Å². The summed E-state index contributed by atoms with van der Waals surface area (Å²) in [6.45, 7) is 0. The molecule has 0 aliphatic carbocycles. The average molecular weight is 528 g/mol. The van der Waals surface area contributed by atoms with Crippen LogP contribution in [0, 0.1) is 0 Å². The lowest BCUT2D eigenvalue weighted by molar-refractivity contribution is 1.32. The van der Waals surface area contributed by atoms with Gasteiger partial charge in [0.1, 0.15) is 0 Å². The molecular weight excluding hydrogens is 502 g/mol. The summed E-state index contributed by atoms with van der Waals surface area (Å²) in [5, 5.41) is 7.61. The second-order valence-corrected chi connectivity index (χ2v) is 11.2. The maximum Gasteiger partial charge on any atom is 0.0547 e. The number of para-hydroxylation sites is 1. The number of fused-ring (bicyclic) bond motifs is 6. The highest BCUT2D eigenvalue weighted by atomic mass is 32.1. The van der Waals surface area contributed by atoms with Crippen molar-refractivity contribution in [3.63, 3.8) is 0 Å². The minimum absolute atomic E-state index is 1.15. The highest BCUT2D eigenvalue weighted by Gasteiger charge is 2.21. The highest BCUT2D eigenvalue weighted by Crippen LogP contribution is 2.48. The van der Waals surface area contributed by atoms with Crippen molar-refractivity contribution in [2.24, 2.45) is 0 Å². The van der Waals surface area contributed by atoms with E-state index in [-0.39, 0.29) is 0 Å². The van der Waals surface area contributed by atoms with E-state index in [1.54, 1.807) is 0 Å². The van der Waals surface area contributed by atoms with E-state index in [2.05, 4.69) is 157 Å². The van der Waals surface area contributed by atoms with Crippen LogP contribution in [0.2, 0.25) is 0 Å². The van der Waals surface area contributed by atoms with Crippen LogP contribution in [0.5, 0.6) is 0 Å². The van der Waals surface area contributed by atoms with Crippen molar-refractivity contribution in [2.45, 2.75) is 0 Å². The molecule has 0 atom stereocenters. The summed E-state index contributed by atoms with van der Waals surface area (Å²) in [4.78, 5) is 2.44. The molecule has 7 aromatic carbocycles. The molecule has 0 aliphatic heterocycles. The summed E-state index contributed by atoms with van der Waals surface area (Å²) in [6, 6.07) is 54.8. The Kier molecular flexibility index (Phi) is 5.39. The van der Waals surface area contributed by atoms with Gasteiger partial charge in [0, 0.05) is 42.0 Å². The van der Waals surface area contributed by atoms with Gasteiger partial charge in [-0.2, -0.15) is 0 Å². The van der Waals surface area contributed by atoms with Crippen LogP contribution in [0.3, 0.4) is 0 Å². The SMILES string of the molecule is c1ccc(-c2cccc3c2sc2c4ccccc4c(N(c4ccccc4)c4cccc5ccccc45)cc32)cc1. The fraction of sp³-hybridized carbons (Fsp3) is 0. The molecule has 0 spiro atoms. The molecule has 0 saturated carbocycles.